The molecule has 6 heteroatoms. The molecule has 0 saturated heterocycles. The lowest BCUT2D eigenvalue weighted by Crippen LogP contribution is -2.42. The summed E-state index contributed by atoms with van der Waals surface area (Å²) in [6.45, 7) is 5.61. The van der Waals surface area contributed by atoms with Gasteiger partial charge in [-0.3, -0.25) is 4.79 Å². The molecule has 3 N–H and O–H groups in total. The molecule has 1 aromatic rings. The number of nitrogens with one attached hydrogen (secondary N) is 2. The number of carbonyl (C=O) groups excluding carboxylic acids is 1. The highest BCUT2D eigenvalue weighted by Gasteiger charge is 2.19. The third-order valence-corrected chi connectivity index (χ3v) is 3.20. The Hall–Kier alpha value is -1.75. The molecule has 0 bridgehead atoms. The molecule has 20 heavy (non-hydrogen) atoms. The number of hydrogen-bond donors (Lipinski definition) is 3. The number of aryl methyl sites for hydroxylation is 1. The number of hydrogen-bond acceptors (Lipinski definition) is 2. The summed E-state index contributed by atoms with van der Waals surface area (Å²) in [4.78, 5) is 22.6. The minimum absolute atomic E-state index is 0.0188. The standard InChI is InChI=1S/C14H19ClN2O3/c1-8(2)12(7-13(18)19)17-14(20)16-11-5-4-9(3)6-10(11)15/h4-6,8,12H,7H2,1-3H3,(H,18,19)(H2,16,17,20). The normalized spacial score (nSPS) is 12.1. The molecule has 0 saturated carbocycles. The van der Waals surface area contributed by atoms with Crippen molar-refractivity contribution >= 4 is 29.3 Å². The van der Waals surface area contributed by atoms with E-state index in [0.29, 0.717) is 10.7 Å². The molecule has 1 unspecified atom stereocenters. The van der Waals surface area contributed by atoms with Crippen molar-refractivity contribution in [2.45, 2.75) is 33.2 Å². The second-order valence-electron chi connectivity index (χ2n) is 5.03. The van der Waals surface area contributed by atoms with Gasteiger partial charge in [0.25, 0.3) is 0 Å². The summed E-state index contributed by atoms with van der Waals surface area (Å²) in [6.07, 6.45) is -0.118. The summed E-state index contributed by atoms with van der Waals surface area (Å²) in [6, 6.07) is 4.39. The van der Waals surface area contributed by atoms with E-state index in [1.807, 2.05) is 26.8 Å². The number of benzene rings is 1. The average Bonchev–Trinajstić information content (AvgIpc) is 2.31. The smallest absolute Gasteiger partial charge is 0.319 e. The van der Waals surface area contributed by atoms with E-state index in [2.05, 4.69) is 10.6 Å². The lowest BCUT2D eigenvalue weighted by molar-refractivity contribution is -0.137. The number of urea groups is 1. The van der Waals surface area contributed by atoms with Gasteiger partial charge >= 0.3 is 12.0 Å². The number of carbonyl (C=O) groups is 2. The van der Waals surface area contributed by atoms with E-state index in [4.69, 9.17) is 16.7 Å². The number of halogens is 1. The van der Waals surface area contributed by atoms with Crippen LogP contribution in [0.25, 0.3) is 0 Å². The topological polar surface area (TPSA) is 78.4 Å². The zero-order valence-electron chi connectivity index (χ0n) is 11.7. The van der Waals surface area contributed by atoms with Crippen molar-refractivity contribution in [2.75, 3.05) is 5.32 Å². The van der Waals surface area contributed by atoms with Crippen LogP contribution in [0.3, 0.4) is 0 Å². The van der Waals surface area contributed by atoms with Gasteiger partial charge in [0.15, 0.2) is 0 Å². The van der Waals surface area contributed by atoms with Gasteiger partial charge in [0.2, 0.25) is 0 Å². The van der Waals surface area contributed by atoms with Gasteiger partial charge in [-0.2, -0.15) is 0 Å². The molecule has 0 aliphatic heterocycles. The highest BCUT2D eigenvalue weighted by Crippen LogP contribution is 2.22. The van der Waals surface area contributed by atoms with Crippen LogP contribution in [-0.2, 0) is 4.79 Å². The van der Waals surface area contributed by atoms with Crippen LogP contribution in [0.2, 0.25) is 5.02 Å². The SMILES string of the molecule is Cc1ccc(NC(=O)NC(CC(=O)O)C(C)C)c(Cl)c1. The Morgan fingerprint density at radius 1 is 1.35 bits per heavy atom. The van der Waals surface area contributed by atoms with Gasteiger partial charge in [0.05, 0.1) is 17.1 Å². The van der Waals surface area contributed by atoms with E-state index in [-0.39, 0.29) is 12.3 Å². The Balaban J connectivity index is 2.68. The molecule has 0 aromatic heterocycles. The van der Waals surface area contributed by atoms with E-state index in [1.165, 1.54) is 0 Å². The highest BCUT2D eigenvalue weighted by molar-refractivity contribution is 6.33. The van der Waals surface area contributed by atoms with Gasteiger partial charge < -0.3 is 15.7 Å². The first-order valence-corrected chi connectivity index (χ1v) is 6.73. The fourth-order valence-electron chi connectivity index (χ4n) is 1.69. The predicted octanol–water partition coefficient (Wildman–Crippen LogP) is 3.27. The van der Waals surface area contributed by atoms with Crippen molar-refractivity contribution < 1.29 is 14.7 Å². The summed E-state index contributed by atoms with van der Waals surface area (Å²) in [7, 11) is 0. The molecule has 110 valence electrons. The van der Waals surface area contributed by atoms with Crippen molar-refractivity contribution in [3.63, 3.8) is 0 Å². The fourth-order valence-corrected chi connectivity index (χ4v) is 1.97. The zero-order valence-corrected chi connectivity index (χ0v) is 12.5. The maximum atomic E-state index is 11.9. The van der Waals surface area contributed by atoms with Gasteiger partial charge in [-0.1, -0.05) is 31.5 Å². The molecule has 1 rings (SSSR count). The van der Waals surface area contributed by atoms with E-state index >= 15 is 0 Å². The predicted molar refractivity (Wildman–Crippen MR) is 79.2 cm³/mol. The molecular weight excluding hydrogens is 280 g/mol. The Morgan fingerprint density at radius 3 is 2.50 bits per heavy atom. The van der Waals surface area contributed by atoms with Gasteiger partial charge in [-0.25, -0.2) is 4.79 Å². The number of anilines is 1. The van der Waals surface area contributed by atoms with Crippen LogP contribution in [0, 0.1) is 12.8 Å². The molecule has 5 nitrogen and oxygen atoms in total. The number of carboxylic acid groups (broad SMARTS) is 1. The van der Waals surface area contributed by atoms with Gasteiger partial charge in [-0.05, 0) is 30.5 Å². The molecule has 0 aliphatic carbocycles. The Bertz CT molecular complexity index is 503. The van der Waals surface area contributed by atoms with Crippen LogP contribution in [0.15, 0.2) is 18.2 Å². The molecule has 2 amide bonds. The molecule has 0 fully saturated rings. The van der Waals surface area contributed by atoms with E-state index in [0.717, 1.165) is 5.56 Å². The third kappa shape index (κ3) is 5.09. The fraction of sp³-hybridized carbons (Fsp3) is 0.429. The lowest BCUT2D eigenvalue weighted by atomic mass is 10.0. The van der Waals surface area contributed by atoms with E-state index in [1.54, 1.807) is 12.1 Å². The van der Waals surface area contributed by atoms with Crippen molar-refractivity contribution in [1.82, 2.24) is 5.32 Å². The molecule has 0 heterocycles. The van der Waals surface area contributed by atoms with Crippen LogP contribution in [0.1, 0.15) is 25.8 Å². The Kier molecular flexibility index (Phi) is 5.82. The van der Waals surface area contributed by atoms with Crippen LogP contribution >= 0.6 is 11.6 Å². The molecule has 0 aliphatic rings. The quantitative estimate of drug-likeness (QED) is 0.780. The summed E-state index contributed by atoms with van der Waals surface area (Å²) in [5, 5.41) is 14.5. The van der Waals surface area contributed by atoms with Gasteiger partial charge in [-0.15, -0.1) is 0 Å². The van der Waals surface area contributed by atoms with Crippen LogP contribution in [-0.4, -0.2) is 23.1 Å². The Morgan fingerprint density at radius 2 is 2.00 bits per heavy atom. The second-order valence-corrected chi connectivity index (χ2v) is 5.44. The van der Waals surface area contributed by atoms with Gasteiger partial charge in [0, 0.05) is 6.04 Å². The summed E-state index contributed by atoms with van der Waals surface area (Å²) < 4.78 is 0. The van der Waals surface area contributed by atoms with Crippen molar-refractivity contribution in [2.24, 2.45) is 5.92 Å². The van der Waals surface area contributed by atoms with Crippen molar-refractivity contribution in [3.8, 4) is 0 Å². The summed E-state index contributed by atoms with van der Waals surface area (Å²) in [5.74, 6) is -0.928. The van der Waals surface area contributed by atoms with E-state index < -0.39 is 18.0 Å². The minimum Gasteiger partial charge on any atom is -0.481 e. The highest BCUT2D eigenvalue weighted by atomic mass is 35.5. The van der Waals surface area contributed by atoms with Gasteiger partial charge in [0.1, 0.15) is 0 Å². The number of aliphatic carboxylic acids is 1. The molecular formula is C14H19ClN2O3. The largest absolute Gasteiger partial charge is 0.481 e. The summed E-state index contributed by atoms with van der Waals surface area (Å²) in [5.41, 5.74) is 1.49. The Labute approximate surface area is 123 Å². The zero-order chi connectivity index (χ0) is 15.3. The maximum absolute atomic E-state index is 11.9. The van der Waals surface area contributed by atoms with Crippen molar-refractivity contribution in [3.05, 3.63) is 28.8 Å². The van der Waals surface area contributed by atoms with Crippen LogP contribution in [0.5, 0.6) is 0 Å². The van der Waals surface area contributed by atoms with Crippen LogP contribution < -0.4 is 10.6 Å². The number of amides is 2. The number of carboxylic acids is 1. The third-order valence-electron chi connectivity index (χ3n) is 2.89. The molecule has 1 aromatic carbocycles. The second kappa shape index (κ2) is 7.14. The molecule has 0 radical (unpaired) electrons. The first-order chi connectivity index (χ1) is 9.29. The minimum atomic E-state index is -0.947. The number of rotatable bonds is 5. The van der Waals surface area contributed by atoms with Crippen molar-refractivity contribution in [1.29, 1.82) is 0 Å². The average molecular weight is 299 g/mol. The maximum Gasteiger partial charge on any atom is 0.319 e. The monoisotopic (exact) mass is 298 g/mol. The van der Waals surface area contributed by atoms with E-state index in [9.17, 15) is 9.59 Å². The molecule has 1 atom stereocenters. The lowest BCUT2D eigenvalue weighted by Gasteiger charge is -2.21. The summed E-state index contributed by atoms with van der Waals surface area (Å²) >= 11 is 6.02. The first-order valence-electron chi connectivity index (χ1n) is 6.35. The van der Waals surface area contributed by atoms with Crippen LogP contribution in [0.4, 0.5) is 10.5 Å². The first kappa shape index (κ1) is 16.3. The molecule has 0 spiro atoms.